The SMILES string of the molecule is CCC(C)C(NC(=O)C(N)c1cnn(C)c1)C(=O)O. The second-order valence-corrected chi connectivity index (χ2v) is 4.64. The molecule has 4 N–H and O–H groups in total. The van der Waals surface area contributed by atoms with Crippen molar-refractivity contribution in [1.82, 2.24) is 15.1 Å². The molecule has 3 atom stereocenters. The summed E-state index contributed by atoms with van der Waals surface area (Å²) in [5.41, 5.74) is 6.33. The van der Waals surface area contributed by atoms with Crippen LogP contribution >= 0.6 is 0 Å². The highest BCUT2D eigenvalue weighted by atomic mass is 16.4. The van der Waals surface area contributed by atoms with Crippen LogP contribution in [-0.4, -0.2) is 32.8 Å². The Labute approximate surface area is 111 Å². The molecule has 3 unspecified atom stereocenters. The third kappa shape index (κ3) is 3.78. The van der Waals surface area contributed by atoms with Gasteiger partial charge < -0.3 is 16.2 Å². The Hall–Kier alpha value is -1.89. The lowest BCUT2D eigenvalue weighted by Crippen LogP contribution is -2.48. The first-order chi connectivity index (χ1) is 8.86. The van der Waals surface area contributed by atoms with Gasteiger partial charge in [0.1, 0.15) is 12.1 Å². The van der Waals surface area contributed by atoms with Crippen LogP contribution in [0.2, 0.25) is 0 Å². The van der Waals surface area contributed by atoms with E-state index in [1.807, 2.05) is 6.92 Å². The van der Waals surface area contributed by atoms with Crippen LogP contribution in [0.4, 0.5) is 0 Å². The van der Waals surface area contributed by atoms with E-state index < -0.39 is 24.0 Å². The van der Waals surface area contributed by atoms with Gasteiger partial charge in [-0.15, -0.1) is 0 Å². The molecule has 1 aromatic rings. The predicted molar refractivity (Wildman–Crippen MR) is 69.2 cm³/mol. The van der Waals surface area contributed by atoms with Crippen LogP contribution in [0.1, 0.15) is 31.9 Å². The Morgan fingerprint density at radius 1 is 1.58 bits per heavy atom. The minimum atomic E-state index is -1.05. The van der Waals surface area contributed by atoms with E-state index in [4.69, 9.17) is 10.8 Å². The second kappa shape index (κ2) is 6.33. The fourth-order valence-electron chi connectivity index (χ4n) is 1.68. The summed E-state index contributed by atoms with van der Waals surface area (Å²) in [4.78, 5) is 23.1. The Balaban J connectivity index is 2.74. The summed E-state index contributed by atoms with van der Waals surface area (Å²) >= 11 is 0. The zero-order valence-electron chi connectivity index (χ0n) is 11.3. The van der Waals surface area contributed by atoms with E-state index in [1.165, 1.54) is 10.9 Å². The fraction of sp³-hybridized carbons (Fsp3) is 0.583. The molecule has 1 rings (SSSR count). The number of hydrogen-bond donors (Lipinski definition) is 3. The van der Waals surface area contributed by atoms with E-state index in [1.54, 1.807) is 20.2 Å². The average Bonchev–Trinajstić information content (AvgIpc) is 2.80. The molecule has 0 aliphatic rings. The first-order valence-corrected chi connectivity index (χ1v) is 6.14. The van der Waals surface area contributed by atoms with Crippen molar-refractivity contribution in [2.45, 2.75) is 32.4 Å². The molecule has 0 aliphatic carbocycles. The number of nitrogens with zero attached hydrogens (tertiary/aromatic N) is 2. The smallest absolute Gasteiger partial charge is 0.326 e. The zero-order chi connectivity index (χ0) is 14.6. The van der Waals surface area contributed by atoms with Gasteiger partial charge in [0.05, 0.1) is 6.20 Å². The van der Waals surface area contributed by atoms with Gasteiger partial charge in [-0.05, 0) is 5.92 Å². The van der Waals surface area contributed by atoms with E-state index >= 15 is 0 Å². The van der Waals surface area contributed by atoms with Gasteiger partial charge in [-0.25, -0.2) is 4.79 Å². The highest BCUT2D eigenvalue weighted by Gasteiger charge is 2.28. The standard InChI is InChI=1S/C12H20N4O3/c1-4-7(2)10(12(18)19)15-11(17)9(13)8-5-14-16(3)6-8/h5-7,9-10H,4,13H2,1-3H3,(H,15,17)(H,18,19). The van der Waals surface area contributed by atoms with Crippen LogP contribution in [-0.2, 0) is 16.6 Å². The quantitative estimate of drug-likeness (QED) is 0.674. The molecule has 0 fully saturated rings. The molecule has 1 heterocycles. The Bertz CT molecular complexity index is 458. The van der Waals surface area contributed by atoms with Gasteiger partial charge in [0.15, 0.2) is 0 Å². The van der Waals surface area contributed by atoms with Crippen molar-refractivity contribution in [3.05, 3.63) is 18.0 Å². The highest BCUT2D eigenvalue weighted by Crippen LogP contribution is 2.12. The van der Waals surface area contributed by atoms with E-state index in [2.05, 4.69) is 10.4 Å². The number of hydrogen-bond acceptors (Lipinski definition) is 4. The van der Waals surface area contributed by atoms with E-state index in [9.17, 15) is 9.59 Å². The van der Waals surface area contributed by atoms with E-state index in [0.29, 0.717) is 12.0 Å². The molecular formula is C12H20N4O3. The summed E-state index contributed by atoms with van der Waals surface area (Å²) in [5.74, 6) is -1.73. The van der Waals surface area contributed by atoms with Crippen LogP contribution in [0.5, 0.6) is 0 Å². The summed E-state index contributed by atoms with van der Waals surface area (Å²) < 4.78 is 1.53. The molecule has 0 saturated carbocycles. The lowest BCUT2D eigenvalue weighted by molar-refractivity contribution is -0.143. The van der Waals surface area contributed by atoms with Crippen LogP contribution in [0.15, 0.2) is 12.4 Å². The number of amides is 1. The first kappa shape index (κ1) is 15.2. The molecule has 106 valence electrons. The maximum Gasteiger partial charge on any atom is 0.326 e. The molecule has 0 bridgehead atoms. The third-order valence-electron chi connectivity index (χ3n) is 3.14. The van der Waals surface area contributed by atoms with Crippen LogP contribution in [0.25, 0.3) is 0 Å². The Morgan fingerprint density at radius 3 is 2.63 bits per heavy atom. The summed E-state index contributed by atoms with van der Waals surface area (Å²) in [5, 5.41) is 15.5. The maximum absolute atomic E-state index is 12.0. The Morgan fingerprint density at radius 2 is 2.21 bits per heavy atom. The van der Waals surface area contributed by atoms with E-state index in [0.717, 1.165) is 0 Å². The molecule has 19 heavy (non-hydrogen) atoms. The van der Waals surface area contributed by atoms with Crippen molar-refractivity contribution in [1.29, 1.82) is 0 Å². The lowest BCUT2D eigenvalue weighted by Gasteiger charge is -2.21. The summed E-state index contributed by atoms with van der Waals surface area (Å²) in [6, 6.07) is -1.85. The molecule has 1 amide bonds. The number of carboxylic acid groups (broad SMARTS) is 1. The minimum absolute atomic E-state index is 0.164. The van der Waals surface area contributed by atoms with Gasteiger partial charge in [-0.1, -0.05) is 20.3 Å². The van der Waals surface area contributed by atoms with Gasteiger partial charge in [-0.2, -0.15) is 5.10 Å². The number of aryl methyl sites for hydroxylation is 1. The zero-order valence-corrected chi connectivity index (χ0v) is 11.3. The van der Waals surface area contributed by atoms with Crippen molar-refractivity contribution in [3.63, 3.8) is 0 Å². The topological polar surface area (TPSA) is 110 Å². The molecule has 7 heteroatoms. The number of carboxylic acids is 1. The largest absolute Gasteiger partial charge is 0.480 e. The number of carbonyl (C=O) groups is 2. The summed E-state index contributed by atoms with van der Waals surface area (Å²) in [6.07, 6.45) is 3.77. The number of rotatable bonds is 6. The molecule has 0 radical (unpaired) electrons. The minimum Gasteiger partial charge on any atom is -0.480 e. The van der Waals surface area contributed by atoms with Crippen molar-refractivity contribution >= 4 is 11.9 Å². The monoisotopic (exact) mass is 268 g/mol. The van der Waals surface area contributed by atoms with Gasteiger partial charge in [0.2, 0.25) is 5.91 Å². The second-order valence-electron chi connectivity index (χ2n) is 4.64. The molecule has 1 aromatic heterocycles. The van der Waals surface area contributed by atoms with Gasteiger partial charge >= 0.3 is 5.97 Å². The highest BCUT2D eigenvalue weighted by molar-refractivity contribution is 5.87. The van der Waals surface area contributed by atoms with Crippen LogP contribution < -0.4 is 11.1 Å². The molecule has 0 aromatic carbocycles. The third-order valence-corrected chi connectivity index (χ3v) is 3.14. The van der Waals surface area contributed by atoms with Gasteiger partial charge in [-0.3, -0.25) is 9.48 Å². The van der Waals surface area contributed by atoms with Crippen molar-refractivity contribution in [2.75, 3.05) is 0 Å². The molecule has 0 saturated heterocycles. The maximum atomic E-state index is 12.0. The molecular weight excluding hydrogens is 248 g/mol. The fourth-order valence-corrected chi connectivity index (χ4v) is 1.68. The average molecular weight is 268 g/mol. The number of carbonyl (C=O) groups excluding carboxylic acids is 1. The lowest BCUT2D eigenvalue weighted by atomic mass is 9.98. The molecule has 0 aliphatic heterocycles. The number of aliphatic carboxylic acids is 1. The first-order valence-electron chi connectivity index (χ1n) is 6.14. The predicted octanol–water partition coefficient (Wildman–Crippen LogP) is 0.0354. The van der Waals surface area contributed by atoms with Gasteiger partial charge in [0.25, 0.3) is 0 Å². The van der Waals surface area contributed by atoms with E-state index in [-0.39, 0.29) is 5.92 Å². The molecule has 7 nitrogen and oxygen atoms in total. The number of aromatic nitrogens is 2. The Kier molecular flexibility index (Phi) is 5.05. The van der Waals surface area contributed by atoms with Crippen LogP contribution in [0, 0.1) is 5.92 Å². The van der Waals surface area contributed by atoms with Gasteiger partial charge in [0, 0.05) is 18.8 Å². The van der Waals surface area contributed by atoms with Crippen molar-refractivity contribution in [2.24, 2.45) is 18.7 Å². The van der Waals surface area contributed by atoms with Crippen LogP contribution in [0.3, 0.4) is 0 Å². The van der Waals surface area contributed by atoms with Crippen molar-refractivity contribution < 1.29 is 14.7 Å². The van der Waals surface area contributed by atoms with Crippen molar-refractivity contribution in [3.8, 4) is 0 Å². The number of nitrogens with two attached hydrogens (primary N) is 1. The summed E-state index contributed by atoms with van der Waals surface area (Å²) in [7, 11) is 1.72. The molecule has 0 spiro atoms. The summed E-state index contributed by atoms with van der Waals surface area (Å²) in [6.45, 7) is 3.64. The normalized spacial score (nSPS) is 15.6. The number of nitrogens with one attached hydrogen (secondary N) is 1.